The highest BCUT2D eigenvalue weighted by atomic mass is 79.9. The molecule has 1 amide bonds. The Labute approximate surface area is 198 Å². The van der Waals surface area contributed by atoms with Crippen molar-refractivity contribution in [1.82, 2.24) is 9.80 Å². The van der Waals surface area contributed by atoms with Crippen LogP contribution in [0.15, 0.2) is 58.6 Å². The van der Waals surface area contributed by atoms with E-state index in [0.717, 1.165) is 17.6 Å². The normalized spacial score (nSPS) is 20.9. The molecule has 1 N–H and O–H groups in total. The van der Waals surface area contributed by atoms with Gasteiger partial charge >= 0.3 is 0 Å². The number of non-ortho nitro benzene ring substituents is 1. The van der Waals surface area contributed by atoms with Crippen molar-refractivity contribution in [2.75, 3.05) is 39.4 Å². The lowest BCUT2D eigenvalue weighted by Crippen LogP contribution is -2.42. The second kappa shape index (κ2) is 9.82. The van der Waals surface area contributed by atoms with Crippen LogP contribution in [-0.2, 0) is 14.3 Å². The number of ketones is 1. The number of hydrogen-bond acceptors (Lipinski definition) is 7. The molecule has 0 aliphatic carbocycles. The number of benzene rings is 2. The number of halogens is 1. The first-order chi connectivity index (χ1) is 15.9. The fraction of sp³-hybridized carbons (Fsp3) is 0.304. The molecule has 2 aromatic rings. The topological polar surface area (TPSA) is 113 Å². The van der Waals surface area contributed by atoms with Gasteiger partial charge in [-0.05, 0) is 29.8 Å². The van der Waals surface area contributed by atoms with Crippen molar-refractivity contribution < 1.29 is 24.4 Å². The van der Waals surface area contributed by atoms with Crippen LogP contribution in [0.1, 0.15) is 17.2 Å². The van der Waals surface area contributed by atoms with Gasteiger partial charge in [0.2, 0.25) is 0 Å². The van der Waals surface area contributed by atoms with Crippen LogP contribution in [0.3, 0.4) is 0 Å². The van der Waals surface area contributed by atoms with E-state index in [1.165, 1.54) is 29.2 Å². The predicted molar refractivity (Wildman–Crippen MR) is 124 cm³/mol. The van der Waals surface area contributed by atoms with Gasteiger partial charge in [0, 0.05) is 48.3 Å². The molecule has 0 radical (unpaired) electrons. The van der Waals surface area contributed by atoms with Gasteiger partial charge in [-0.25, -0.2) is 0 Å². The third kappa shape index (κ3) is 4.82. The summed E-state index contributed by atoms with van der Waals surface area (Å²) >= 11 is 3.34. The van der Waals surface area contributed by atoms with E-state index in [1.807, 2.05) is 0 Å². The highest BCUT2D eigenvalue weighted by molar-refractivity contribution is 9.10. The first-order valence-electron chi connectivity index (χ1n) is 10.5. The van der Waals surface area contributed by atoms with E-state index in [-0.39, 0.29) is 23.6 Å². The van der Waals surface area contributed by atoms with Crippen LogP contribution in [0.4, 0.5) is 5.69 Å². The van der Waals surface area contributed by atoms with Gasteiger partial charge in [-0.1, -0.05) is 28.1 Å². The van der Waals surface area contributed by atoms with Crippen LogP contribution >= 0.6 is 15.9 Å². The second-order valence-corrected chi connectivity index (χ2v) is 8.72. The number of carbonyl (C=O) groups is 2. The number of nitrogens with zero attached hydrogens (tertiary/aromatic N) is 3. The first kappa shape index (κ1) is 23.1. The van der Waals surface area contributed by atoms with Crippen LogP contribution in [-0.4, -0.2) is 70.9 Å². The molecular formula is C23H22BrN3O6. The number of likely N-dealkylation sites (tertiary alicyclic amines) is 1. The van der Waals surface area contributed by atoms with Crippen LogP contribution in [0, 0.1) is 10.1 Å². The molecule has 0 spiro atoms. The van der Waals surface area contributed by atoms with Gasteiger partial charge in [0.25, 0.3) is 17.4 Å². The lowest BCUT2D eigenvalue weighted by atomic mass is 9.95. The number of carbonyl (C=O) groups excluding carboxylic acids is 2. The van der Waals surface area contributed by atoms with E-state index in [0.29, 0.717) is 30.9 Å². The molecule has 0 unspecified atom stereocenters. The SMILES string of the molecule is O=C1C(=O)N(CCN2CCOCC2)[C@@H](c2ccc([N+](=O)[O-])cc2)C1=C(O)c1ccc(Br)cc1. The van der Waals surface area contributed by atoms with Crippen LogP contribution < -0.4 is 0 Å². The van der Waals surface area contributed by atoms with E-state index in [4.69, 9.17) is 4.74 Å². The van der Waals surface area contributed by atoms with Crippen LogP contribution in [0.2, 0.25) is 0 Å². The van der Waals surface area contributed by atoms with Crippen molar-refractivity contribution in [2.45, 2.75) is 6.04 Å². The lowest BCUT2D eigenvalue weighted by molar-refractivity contribution is -0.384. The number of hydrogen-bond donors (Lipinski definition) is 1. The van der Waals surface area contributed by atoms with E-state index in [1.54, 1.807) is 24.3 Å². The minimum Gasteiger partial charge on any atom is -0.507 e. The van der Waals surface area contributed by atoms with Crippen LogP contribution in [0.5, 0.6) is 0 Å². The number of ether oxygens (including phenoxy) is 1. The summed E-state index contributed by atoms with van der Waals surface area (Å²) in [5, 5.41) is 22.1. The molecule has 0 bridgehead atoms. The zero-order chi connectivity index (χ0) is 23.5. The molecule has 10 heteroatoms. The molecule has 2 heterocycles. The molecule has 2 aromatic carbocycles. The Hall–Kier alpha value is -3.08. The molecule has 4 rings (SSSR count). The van der Waals surface area contributed by atoms with Crippen molar-refractivity contribution in [3.63, 3.8) is 0 Å². The lowest BCUT2D eigenvalue weighted by Gasteiger charge is -2.31. The Morgan fingerprint density at radius 2 is 1.70 bits per heavy atom. The first-order valence-corrected chi connectivity index (χ1v) is 11.2. The average molecular weight is 516 g/mol. The van der Waals surface area contributed by atoms with Crippen molar-refractivity contribution in [3.05, 3.63) is 79.8 Å². The molecule has 0 saturated carbocycles. The molecule has 2 aliphatic rings. The zero-order valence-electron chi connectivity index (χ0n) is 17.6. The van der Waals surface area contributed by atoms with Gasteiger partial charge in [0.05, 0.1) is 29.8 Å². The number of aliphatic hydroxyl groups is 1. The third-order valence-corrected chi connectivity index (χ3v) is 6.37. The van der Waals surface area contributed by atoms with Gasteiger partial charge in [-0.15, -0.1) is 0 Å². The summed E-state index contributed by atoms with van der Waals surface area (Å²) in [5.74, 6) is -1.76. The largest absolute Gasteiger partial charge is 0.507 e. The van der Waals surface area contributed by atoms with E-state index >= 15 is 0 Å². The summed E-state index contributed by atoms with van der Waals surface area (Å²) in [6.07, 6.45) is 0. The molecule has 172 valence electrons. The van der Waals surface area contributed by atoms with E-state index in [9.17, 15) is 24.8 Å². The third-order valence-electron chi connectivity index (χ3n) is 5.84. The number of Topliss-reactive ketones (excluding diaryl/α,β-unsaturated/α-hetero) is 1. The van der Waals surface area contributed by atoms with Crippen LogP contribution in [0.25, 0.3) is 5.76 Å². The fourth-order valence-corrected chi connectivity index (χ4v) is 4.34. The number of nitro benzene ring substituents is 1. The highest BCUT2D eigenvalue weighted by Crippen LogP contribution is 2.39. The Morgan fingerprint density at radius 3 is 2.30 bits per heavy atom. The van der Waals surface area contributed by atoms with Crippen molar-refractivity contribution >= 4 is 39.1 Å². The van der Waals surface area contributed by atoms with Gasteiger partial charge in [-0.2, -0.15) is 0 Å². The Bertz CT molecular complexity index is 1090. The van der Waals surface area contributed by atoms with Gasteiger partial charge in [0.15, 0.2) is 0 Å². The molecule has 2 fully saturated rings. The van der Waals surface area contributed by atoms with E-state index in [2.05, 4.69) is 20.8 Å². The maximum absolute atomic E-state index is 13.0. The number of rotatable bonds is 6. The highest BCUT2D eigenvalue weighted by Gasteiger charge is 2.46. The van der Waals surface area contributed by atoms with Gasteiger partial charge < -0.3 is 14.7 Å². The maximum atomic E-state index is 13.0. The number of aliphatic hydroxyl groups excluding tert-OH is 1. The second-order valence-electron chi connectivity index (χ2n) is 7.80. The standard InChI is InChI=1S/C23H22BrN3O6/c24-17-5-1-16(2-6-17)21(28)19-20(15-3-7-18(8-4-15)27(31)32)26(23(30)22(19)29)10-9-25-11-13-33-14-12-25/h1-8,20,28H,9-14H2/t20-/m0/s1. The summed E-state index contributed by atoms with van der Waals surface area (Å²) in [6, 6.07) is 11.6. The van der Waals surface area contributed by atoms with E-state index < -0.39 is 22.7 Å². The van der Waals surface area contributed by atoms with Crippen molar-refractivity contribution in [3.8, 4) is 0 Å². The zero-order valence-corrected chi connectivity index (χ0v) is 19.2. The Morgan fingerprint density at radius 1 is 1.06 bits per heavy atom. The van der Waals surface area contributed by atoms with Gasteiger partial charge in [-0.3, -0.25) is 24.6 Å². The quantitative estimate of drug-likeness (QED) is 0.206. The Kier molecular flexibility index (Phi) is 6.87. The number of amides is 1. The monoisotopic (exact) mass is 515 g/mol. The molecule has 2 aliphatic heterocycles. The summed E-state index contributed by atoms with van der Waals surface area (Å²) < 4.78 is 6.16. The Balaban J connectivity index is 1.74. The molecule has 2 saturated heterocycles. The number of morpholine rings is 1. The molecular weight excluding hydrogens is 494 g/mol. The maximum Gasteiger partial charge on any atom is 0.295 e. The summed E-state index contributed by atoms with van der Waals surface area (Å²) in [4.78, 5) is 40.2. The molecule has 9 nitrogen and oxygen atoms in total. The summed E-state index contributed by atoms with van der Waals surface area (Å²) in [7, 11) is 0. The molecule has 33 heavy (non-hydrogen) atoms. The average Bonchev–Trinajstić information content (AvgIpc) is 3.08. The minimum absolute atomic E-state index is 0.0295. The van der Waals surface area contributed by atoms with Gasteiger partial charge in [0.1, 0.15) is 5.76 Å². The summed E-state index contributed by atoms with van der Waals surface area (Å²) in [5.41, 5.74) is 0.784. The van der Waals surface area contributed by atoms with Crippen molar-refractivity contribution in [2.24, 2.45) is 0 Å². The smallest absolute Gasteiger partial charge is 0.295 e. The van der Waals surface area contributed by atoms with Crippen molar-refractivity contribution in [1.29, 1.82) is 0 Å². The molecule has 0 aromatic heterocycles. The minimum atomic E-state index is -0.851. The number of nitro groups is 1. The fourth-order valence-electron chi connectivity index (χ4n) is 4.07. The summed E-state index contributed by atoms with van der Waals surface area (Å²) in [6.45, 7) is 3.47. The predicted octanol–water partition coefficient (Wildman–Crippen LogP) is 3.11. The molecule has 1 atom stereocenters.